The zero-order valence-electron chi connectivity index (χ0n) is 16.6. The van der Waals surface area contributed by atoms with Crippen LogP contribution >= 0.6 is 0 Å². The average molecular weight is 386 g/mol. The van der Waals surface area contributed by atoms with Crippen LogP contribution in [0.1, 0.15) is 30.0 Å². The maximum absolute atomic E-state index is 12.1. The van der Waals surface area contributed by atoms with E-state index in [0.717, 1.165) is 35.9 Å². The minimum atomic E-state index is -0.435. The Kier molecular flexibility index (Phi) is 6.65. The molecular weight excluding hydrogens is 360 g/mol. The molecule has 8 nitrogen and oxygen atoms in total. The molecule has 2 aromatic heterocycles. The van der Waals surface area contributed by atoms with E-state index >= 15 is 0 Å². The van der Waals surface area contributed by atoms with Crippen LogP contribution in [0.3, 0.4) is 0 Å². The number of aromatic nitrogens is 3. The summed E-state index contributed by atoms with van der Waals surface area (Å²) in [6.45, 7) is 6.79. The van der Waals surface area contributed by atoms with Crippen LogP contribution in [0.5, 0.6) is 0 Å². The first kappa shape index (κ1) is 19.9. The molecule has 0 saturated carbocycles. The zero-order valence-corrected chi connectivity index (χ0v) is 16.6. The number of anilines is 1. The summed E-state index contributed by atoms with van der Waals surface area (Å²) in [4.78, 5) is 19.1. The number of esters is 1. The molecule has 150 valence electrons. The molecule has 1 saturated heterocycles. The summed E-state index contributed by atoms with van der Waals surface area (Å²) in [6, 6.07) is 1.73. The van der Waals surface area contributed by atoms with Crippen LogP contribution in [0, 0.1) is 0 Å². The lowest BCUT2D eigenvalue weighted by atomic mass is 10.2. The normalized spacial score (nSPS) is 15.4. The number of rotatable bonds is 7. The van der Waals surface area contributed by atoms with E-state index in [4.69, 9.17) is 19.2 Å². The van der Waals surface area contributed by atoms with Crippen LogP contribution in [0.2, 0.25) is 0 Å². The summed E-state index contributed by atoms with van der Waals surface area (Å²) < 4.78 is 17.6. The molecule has 0 aliphatic carbocycles. The van der Waals surface area contributed by atoms with Gasteiger partial charge in [-0.2, -0.15) is 5.10 Å². The van der Waals surface area contributed by atoms with Crippen molar-refractivity contribution in [2.24, 2.45) is 0 Å². The first-order valence-corrected chi connectivity index (χ1v) is 9.42. The fourth-order valence-corrected chi connectivity index (χ4v) is 3.02. The largest absolute Gasteiger partial charge is 0.497 e. The Hall–Kier alpha value is -2.87. The Labute approximate surface area is 164 Å². The van der Waals surface area contributed by atoms with Crippen molar-refractivity contribution in [1.29, 1.82) is 0 Å². The third-order valence-corrected chi connectivity index (χ3v) is 4.36. The van der Waals surface area contributed by atoms with Crippen molar-refractivity contribution in [2.45, 2.75) is 20.3 Å². The zero-order chi connectivity index (χ0) is 19.9. The number of ether oxygens (including phenoxy) is 3. The van der Waals surface area contributed by atoms with Crippen LogP contribution in [0.25, 0.3) is 5.52 Å². The molecule has 8 heteroatoms. The van der Waals surface area contributed by atoms with Crippen LogP contribution in [0.15, 0.2) is 36.3 Å². The van der Waals surface area contributed by atoms with E-state index in [0.29, 0.717) is 26.2 Å². The predicted molar refractivity (Wildman–Crippen MR) is 106 cm³/mol. The number of carbonyl (C=O) groups is 1. The van der Waals surface area contributed by atoms with Gasteiger partial charge in [-0.15, -0.1) is 0 Å². The Morgan fingerprint density at radius 2 is 2.14 bits per heavy atom. The van der Waals surface area contributed by atoms with Gasteiger partial charge in [-0.3, -0.25) is 0 Å². The molecule has 0 spiro atoms. The van der Waals surface area contributed by atoms with E-state index in [9.17, 15) is 4.79 Å². The van der Waals surface area contributed by atoms with E-state index in [1.165, 1.54) is 0 Å². The second-order valence-electron chi connectivity index (χ2n) is 6.25. The lowest BCUT2D eigenvalue weighted by Crippen LogP contribution is -2.37. The van der Waals surface area contributed by atoms with Crippen LogP contribution in [-0.2, 0) is 20.6 Å². The number of carbonyl (C=O) groups excluding carboxylic acids is 1. The molecule has 0 bridgehead atoms. The van der Waals surface area contributed by atoms with Gasteiger partial charge in [0.15, 0.2) is 11.5 Å². The second kappa shape index (κ2) is 9.36. The number of allylic oxidation sites excluding steroid dienone is 3. The number of hydrogen-bond acceptors (Lipinski definition) is 7. The molecule has 2 aromatic rings. The highest BCUT2D eigenvalue weighted by Crippen LogP contribution is 2.23. The molecular formula is C20H26N4O4. The summed E-state index contributed by atoms with van der Waals surface area (Å²) in [5.74, 6) is 1.13. The number of hydrogen-bond donors (Lipinski definition) is 0. The summed E-state index contributed by atoms with van der Waals surface area (Å²) in [5.41, 5.74) is 1.88. The van der Waals surface area contributed by atoms with E-state index in [1.54, 1.807) is 24.6 Å². The highest BCUT2D eigenvalue weighted by Gasteiger charge is 2.20. The van der Waals surface area contributed by atoms with Gasteiger partial charge in [0.05, 0.1) is 38.8 Å². The smallest absolute Gasteiger partial charge is 0.358 e. The second-order valence-corrected chi connectivity index (χ2v) is 6.25. The van der Waals surface area contributed by atoms with Crippen molar-refractivity contribution in [3.8, 4) is 0 Å². The van der Waals surface area contributed by atoms with Gasteiger partial charge in [-0.25, -0.2) is 14.3 Å². The summed E-state index contributed by atoms with van der Waals surface area (Å²) in [5, 5.41) is 4.41. The van der Waals surface area contributed by atoms with Gasteiger partial charge in [-0.1, -0.05) is 6.08 Å². The lowest BCUT2D eigenvalue weighted by molar-refractivity contribution is 0.0519. The molecule has 0 radical (unpaired) electrons. The standard InChI is InChI=1S/C20H26N4O4/c1-4-6-16(26-3)8-7-15-14-24-18(13-17(22-24)20(25)28-5-2)19(21-15)23-9-11-27-12-10-23/h4,6,8,13-14H,5,7,9-12H2,1-3H3. The predicted octanol–water partition coefficient (Wildman–Crippen LogP) is 2.39. The number of morpholine rings is 1. The molecule has 0 atom stereocenters. The maximum atomic E-state index is 12.1. The van der Waals surface area contributed by atoms with Crippen molar-refractivity contribution in [1.82, 2.24) is 14.6 Å². The molecule has 1 fully saturated rings. The van der Waals surface area contributed by atoms with E-state index in [-0.39, 0.29) is 5.69 Å². The van der Waals surface area contributed by atoms with E-state index < -0.39 is 5.97 Å². The third kappa shape index (κ3) is 4.51. The first-order chi connectivity index (χ1) is 13.7. The van der Waals surface area contributed by atoms with E-state index in [1.807, 2.05) is 31.3 Å². The summed E-state index contributed by atoms with van der Waals surface area (Å²) >= 11 is 0. The highest BCUT2D eigenvalue weighted by atomic mass is 16.5. The van der Waals surface area contributed by atoms with Gasteiger partial charge in [0.2, 0.25) is 0 Å². The van der Waals surface area contributed by atoms with Gasteiger partial charge in [0, 0.05) is 25.6 Å². The van der Waals surface area contributed by atoms with Gasteiger partial charge < -0.3 is 19.1 Å². The van der Waals surface area contributed by atoms with Crippen LogP contribution < -0.4 is 4.90 Å². The molecule has 28 heavy (non-hydrogen) atoms. The van der Waals surface area contributed by atoms with Crippen molar-refractivity contribution >= 4 is 17.3 Å². The van der Waals surface area contributed by atoms with Gasteiger partial charge in [0.1, 0.15) is 11.3 Å². The SMILES string of the molecule is CC=CC(=CCc1cn2nc(C(=O)OCC)cc2c(N2CCOCC2)n1)OC. The summed E-state index contributed by atoms with van der Waals surface area (Å²) in [6.07, 6.45) is 8.20. The maximum Gasteiger partial charge on any atom is 0.358 e. The highest BCUT2D eigenvalue weighted by molar-refractivity contribution is 5.90. The first-order valence-electron chi connectivity index (χ1n) is 9.42. The molecule has 0 N–H and O–H groups in total. The van der Waals surface area contributed by atoms with Gasteiger partial charge >= 0.3 is 5.97 Å². The third-order valence-electron chi connectivity index (χ3n) is 4.36. The molecule has 3 heterocycles. The molecule has 0 amide bonds. The van der Waals surface area contributed by atoms with Gasteiger partial charge in [0.25, 0.3) is 0 Å². The van der Waals surface area contributed by atoms with Crippen molar-refractivity contribution < 1.29 is 19.0 Å². The Morgan fingerprint density at radius 1 is 1.36 bits per heavy atom. The number of nitrogens with zero attached hydrogens (tertiary/aromatic N) is 4. The fraction of sp³-hybridized carbons (Fsp3) is 0.450. The summed E-state index contributed by atoms with van der Waals surface area (Å²) in [7, 11) is 1.64. The van der Waals surface area contributed by atoms with E-state index in [2.05, 4.69) is 10.00 Å². The molecule has 0 aromatic carbocycles. The Bertz CT molecular complexity index is 882. The molecule has 3 rings (SSSR count). The topological polar surface area (TPSA) is 78.2 Å². The van der Waals surface area contributed by atoms with Crippen molar-refractivity contribution in [3.63, 3.8) is 0 Å². The Balaban J connectivity index is 2.01. The van der Waals surface area contributed by atoms with Gasteiger partial charge in [-0.05, 0) is 26.0 Å². The molecule has 1 aliphatic heterocycles. The van der Waals surface area contributed by atoms with Crippen LogP contribution in [0.4, 0.5) is 5.82 Å². The molecule has 0 unspecified atom stereocenters. The monoisotopic (exact) mass is 386 g/mol. The minimum absolute atomic E-state index is 0.275. The average Bonchev–Trinajstić information content (AvgIpc) is 3.15. The van der Waals surface area contributed by atoms with Crippen molar-refractivity contribution in [3.05, 3.63) is 47.6 Å². The fourth-order valence-electron chi connectivity index (χ4n) is 3.02. The molecule has 1 aliphatic rings. The quantitative estimate of drug-likeness (QED) is 0.411. The number of fused-ring (bicyclic) bond motifs is 1. The Morgan fingerprint density at radius 3 is 2.82 bits per heavy atom. The lowest BCUT2D eigenvalue weighted by Gasteiger charge is -2.28. The minimum Gasteiger partial charge on any atom is -0.497 e. The number of methoxy groups -OCH3 is 1. The van der Waals surface area contributed by atoms with Crippen molar-refractivity contribution in [2.75, 3.05) is 44.9 Å². The van der Waals surface area contributed by atoms with Crippen LogP contribution in [-0.4, -0.2) is 60.6 Å².